The molecule has 1 aliphatic rings. The normalized spacial score (nSPS) is 24.2. The van der Waals surface area contributed by atoms with Crippen LogP contribution < -0.4 is 5.32 Å². The van der Waals surface area contributed by atoms with E-state index >= 15 is 0 Å². The first-order valence-electron chi connectivity index (χ1n) is 5.91. The van der Waals surface area contributed by atoms with Crippen molar-refractivity contribution < 1.29 is 4.39 Å². The SMILES string of the molecule is CSC1CCCC1NCc1ccc(Cl)c(F)c1. The van der Waals surface area contributed by atoms with Crippen LogP contribution in [0.25, 0.3) is 0 Å². The lowest BCUT2D eigenvalue weighted by atomic mass is 10.2. The molecular formula is C13H17ClFNS. The van der Waals surface area contributed by atoms with E-state index in [2.05, 4.69) is 11.6 Å². The first kappa shape index (κ1) is 13.2. The molecule has 0 aromatic heterocycles. The summed E-state index contributed by atoms with van der Waals surface area (Å²) in [5.74, 6) is -0.334. The van der Waals surface area contributed by atoms with Gasteiger partial charge in [-0.3, -0.25) is 0 Å². The van der Waals surface area contributed by atoms with Gasteiger partial charge in [-0.05, 0) is 36.8 Å². The van der Waals surface area contributed by atoms with Crippen LogP contribution in [0.5, 0.6) is 0 Å². The maximum atomic E-state index is 13.3. The van der Waals surface area contributed by atoms with E-state index in [4.69, 9.17) is 11.6 Å². The van der Waals surface area contributed by atoms with Crippen LogP contribution in [0.1, 0.15) is 24.8 Å². The van der Waals surface area contributed by atoms with Gasteiger partial charge in [0.1, 0.15) is 5.82 Å². The standard InChI is InChI=1S/C13H17ClFNS/c1-17-13-4-2-3-12(13)16-8-9-5-6-10(14)11(15)7-9/h5-7,12-13,16H,2-4,8H2,1H3. The van der Waals surface area contributed by atoms with E-state index in [0.717, 1.165) is 12.1 Å². The molecule has 94 valence electrons. The number of hydrogen-bond acceptors (Lipinski definition) is 2. The van der Waals surface area contributed by atoms with Gasteiger partial charge in [-0.2, -0.15) is 11.8 Å². The lowest BCUT2D eigenvalue weighted by Crippen LogP contribution is -2.33. The molecule has 0 heterocycles. The topological polar surface area (TPSA) is 12.0 Å². The van der Waals surface area contributed by atoms with Gasteiger partial charge in [0.15, 0.2) is 0 Å². The third-order valence-electron chi connectivity index (χ3n) is 3.31. The van der Waals surface area contributed by atoms with E-state index in [1.807, 2.05) is 17.8 Å². The van der Waals surface area contributed by atoms with E-state index in [1.54, 1.807) is 6.07 Å². The Kier molecular flexibility index (Phi) is 4.71. The number of benzene rings is 1. The maximum absolute atomic E-state index is 13.3. The highest BCUT2D eigenvalue weighted by Crippen LogP contribution is 2.28. The Balaban J connectivity index is 1.91. The molecule has 1 nitrogen and oxygen atoms in total. The Labute approximate surface area is 111 Å². The summed E-state index contributed by atoms with van der Waals surface area (Å²) < 4.78 is 13.3. The van der Waals surface area contributed by atoms with Gasteiger partial charge in [0.2, 0.25) is 0 Å². The minimum absolute atomic E-state index is 0.191. The monoisotopic (exact) mass is 273 g/mol. The largest absolute Gasteiger partial charge is 0.309 e. The average molecular weight is 274 g/mol. The van der Waals surface area contributed by atoms with E-state index in [9.17, 15) is 4.39 Å². The van der Waals surface area contributed by atoms with Gasteiger partial charge >= 0.3 is 0 Å². The van der Waals surface area contributed by atoms with Crippen LogP contribution in [0.15, 0.2) is 18.2 Å². The van der Waals surface area contributed by atoms with Crippen LogP contribution in [0.2, 0.25) is 5.02 Å². The lowest BCUT2D eigenvalue weighted by Gasteiger charge is -2.19. The van der Waals surface area contributed by atoms with E-state index in [1.165, 1.54) is 25.3 Å². The van der Waals surface area contributed by atoms with Gasteiger partial charge in [0.05, 0.1) is 5.02 Å². The first-order chi connectivity index (χ1) is 8.20. The van der Waals surface area contributed by atoms with Crippen LogP contribution in [0, 0.1) is 5.82 Å². The lowest BCUT2D eigenvalue weighted by molar-refractivity contribution is 0.530. The summed E-state index contributed by atoms with van der Waals surface area (Å²) in [5, 5.41) is 4.41. The Morgan fingerprint density at radius 3 is 3.00 bits per heavy atom. The van der Waals surface area contributed by atoms with Crippen LogP contribution in [-0.2, 0) is 6.54 Å². The summed E-state index contributed by atoms with van der Waals surface area (Å²) in [7, 11) is 0. The molecule has 1 aromatic rings. The second-order valence-corrected chi connectivity index (χ2v) is 5.93. The van der Waals surface area contributed by atoms with Crippen molar-refractivity contribution in [2.24, 2.45) is 0 Å². The Morgan fingerprint density at radius 1 is 1.47 bits per heavy atom. The summed E-state index contributed by atoms with van der Waals surface area (Å²) in [6, 6.07) is 5.57. The fourth-order valence-electron chi connectivity index (χ4n) is 2.34. The number of thioether (sulfide) groups is 1. The summed E-state index contributed by atoms with van der Waals surface area (Å²) >= 11 is 7.58. The van der Waals surface area contributed by atoms with Crippen molar-refractivity contribution in [2.45, 2.75) is 37.1 Å². The highest BCUT2D eigenvalue weighted by molar-refractivity contribution is 7.99. The molecule has 0 bridgehead atoms. The number of halogens is 2. The third kappa shape index (κ3) is 3.36. The van der Waals surface area contributed by atoms with Crippen molar-refractivity contribution in [3.8, 4) is 0 Å². The molecule has 0 amide bonds. The summed E-state index contributed by atoms with van der Waals surface area (Å²) in [5.41, 5.74) is 0.957. The zero-order valence-electron chi connectivity index (χ0n) is 9.88. The molecule has 4 heteroatoms. The second-order valence-electron chi connectivity index (χ2n) is 4.44. The van der Waals surface area contributed by atoms with Crippen LogP contribution in [-0.4, -0.2) is 17.5 Å². The average Bonchev–Trinajstić information content (AvgIpc) is 2.78. The molecule has 1 saturated carbocycles. The van der Waals surface area contributed by atoms with Crippen molar-refractivity contribution in [3.63, 3.8) is 0 Å². The Bertz CT molecular complexity index is 386. The quantitative estimate of drug-likeness (QED) is 0.894. The Hall–Kier alpha value is -0.250. The highest BCUT2D eigenvalue weighted by Gasteiger charge is 2.25. The predicted octanol–water partition coefficient (Wildman–Crippen LogP) is 3.85. The van der Waals surface area contributed by atoms with Gasteiger partial charge < -0.3 is 5.32 Å². The van der Waals surface area contributed by atoms with Crippen molar-refractivity contribution in [1.29, 1.82) is 0 Å². The zero-order chi connectivity index (χ0) is 12.3. The van der Waals surface area contributed by atoms with Crippen LogP contribution in [0.3, 0.4) is 0 Å². The molecule has 2 rings (SSSR count). The number of rotatable bonds is 4. The summed E-state index contributed by atoms with van der Waals surface area (Å²) in [6.45, 7) is 0.718. The smallest absolute Gasteiger partial charge is 0.142 e. The van der Waals surface area contributed by atoms with Gasteiger partial charge in [-0.1, -0.05) is 24.1 Å². The van der Waals surface area contributed by atoms with E-state index in [0.29, 0.717) is 11.3 Å². The summed E-state index contributed by atoms with van der Waals surface area (Å²) in [6.07, 6.45) is 5.96. The molecule has 1 fully saturated rings. The van der Waals surface area contributed by atoms with Gasteiger partial charge in [-0.15, -0.1) is 0 Å². The molecule has 1 aliphatic carbocycles. The van der Waals surface area contributed by atoms with Gasteiger partial charge in [-0.25, -0.2) is 4.39 Å². The summed E-state index contributed by atoms with van der Waals surface area (Å²) in [4.78, 5) is 0. The third-order valence-corrected chi connectivity index (χ3v) is 4.78. The highest BCUT2D eigenvalue weighted by atomic mass is 35.5. The molecule has 17 heavy (non-hydrogen) atoms. The van der Waals surface area contributed by atoms with Crippen molar-refractivity contribution in [1.82, 2.24) is 5.32 Å². The fraction of sp³-hybridized carbons (Fsp3) is 0.538. The molecule has 1 aromatic carbocycles. The van der Waals surface area contributed by atoms with E-state index in [-0.39, 0.29) is 10.8 Å². The number of hydrogen-bond donors (Lipinski definition) is 1. The fourth-order valence-corrected chi connectivity index (χ4v) is 3.42. The van der Waals surface area contributed by atoms with Crippen molar-refractivity contribution in [3.05, 3.63) is 34.6 Å². The maximum Gasteiger partial charge on any atom is 0.142 e. The predicted molar refractivity (Wildman–Crippen MR) is 73.2 cm³/mol. The van der Waals surface area contributed by atoms with Crippen molar-refractivity contribution >= 4 is 23.4 Å². The van der Waals surface area contributed by atoms with Gasteiger partial charge in [0.25, 0.3) is 0 Å². The molecule has 1 N–H and O–H groups in total. The molecule has 2 atom stereocenters. The van der Waals surface area contributed by atoms with Crippen LogP contribution >= 0.6 is 23.4 Å². The van der Waals surface area contributed by atoms with Gasteiger partial charge in [0, 0.05) is 17.8 Å². The minimum Gasteiger partial charge on any atom is -0.309 e. The molecule has 2 unspecified atom stereocenters. The molecular weight excluding hydrogens is 257 g/mol. The van der Waals surface area contributed by atoms with Crippen molar-refractivity contribution in [2.75, 3.05) is 6.26 Å². The van der Waals surface area contributed by atoms with E-state index < -0.39 is 0 Å². The first-order valence-corrected chi connectivity index (χ1v) is 7.57. The molecule has 0 aliphatic heterocycles. The van der Waals surface area contributed by atoms with Crippen LogP contribution in [0.4, 0.5) is 4.39 Å². The second kappa shape index (κ2) is 6.07. The minimum atomic E-state index is -0.334. The molecule has 0 saturated heterocycles. The number of nitrogens with one attached hydrogen (secondary N) is 1. The molecule has 0 radical (unpaired) electrons. The Morgan fingerprint density at radius 2 is 2.29 bits per heavy atom. The zero-order valence-corrected chi connectivity index (χ0v) is 11.5. The molecule has 0 spiro atoms.